The summed E-state index contributed by atoms with van der Waals surface area (Å²) in [5.74, 6) is 0.693. The third-order valence-corrected chi connectivity index (χ3v) is 5.24. The van der Waals surface area contributed by atoms with Gasteiger partial charge >= 0.3 is 6.18 Å². The second kappa shape index (κ2) is 6.67. The quantitative estimate of drug-likeness (QED) is 0.910. The summed E-state index contributed by atoms with van der Waals surface area (Å²) in [5.41, 5.74) is 0. The van der Waals surface area contributed by atoms with Crippen LogP contribution in [-0.2, 0) is 6.18 Å². The second-order valence-electron chi connectivity index (χ2n) is 5.89. The molecule has 22 heavy (non-hydrogen) atoms. The van der Waals surface area contributed by atoms with Gasteiger partial charge in [-0.25, -0.2) is 0 Å². The molecule has 1 aromatic heterocycles. The number of piperidine rings is 1. The zero-order chi connectivity index (χ0) is 15.6. The van der Waals surface area contributed by atoms with Crippen LogP contribution in [0.4, 0.5) is 18.3 Å². The lowest BCUT2D eigenvalue weighted by Gasteiger charge is -2.37. The van der Waals surface area contributed by atoms with Crippen molar-refractivity contribution < 1.29 is 13.2 Å². The van der Waals surface area contributed by atoms with Crippen LogP contribution in [0, 0.1) is 5.92 Å². The van der Waals surface area contributed by atoms with Crippen LogP contribution in [0.1, 0.15) is 17.8 Å². The van der Waals surface area contributed by atoms with E-state index >= 15 is 0 Å². The minimum Gasteiger partial charge on any atom is -0.344 e. The Bertz CT molecular complexity index is 478. The summed E-state index contributed by atoms with van der Waals surface area (Å²) in [7, 11) is 0. The van der Waals surface area contributed by atoms with Crippen molar-refractivity contribution in [1.82, 2.24) is 20.4 Å². The van der Waals surface area contributed by atoms with Gasteiger partial charge in [0.1, 0.15) is 0 Å². The maximum absolute atomic E-state index is 12.6. The van der Waals surface area contributed by atoms with Crippen molar-refractivity contribution in [3.8, 4) is 0 Å². The smallest absolute Gasteiger partial charge is 0.344 e. The molecule has 0 aromatic carbocycles. The zero-order valence-electron chi connectivity index (χ0n) is 12.3. The summed E-state index contributed by atoms with van der Waals surface area (Å²) in [5, 5.41) is 9.88. The van der Waals surface area contributed by atoms with Crippen LogP contribution < -0.4 is 10.2 Å². The zero-order valence-corrected chi connectivity index (χ0v) is 13.1. The van der Waals surface area contributed by atoms with E-state index in [1.54, 1.807) is 0 Å². The van der Waals surface area contributed by atoms with Crippen LogP contribution in [0.15, 0.2) is 0 Å². The highest BCUT2D eigenvalue weighted by molar-refractivity contribution is 7.15. The van der Waals surface area contributed by atoms with E-state index < -0.39 is 11.2 Å². The fourth-order valence-electron chi connectivity index (χ4n) is 3.02. The van der Waals surface area contributed by atoms with Gasteiger partial charge in [-0.1, -0.05) is 11.3 Å². The van der Waals surface area contributed by atoms with E-state index in [0.29, 0.717) is 35.5 Å². The van der Waals surface area contributed by atoms with Gasteiger partial charge in [0.15, 0.2) is 0 Å². The Morgan fingerprint density at radius 3 is 2.55 bits per heavy atom. The van der Waals surface area contributed by atoms with Crippen LogP contribution in [0.25, 0.3) is 0 Å². The molecule has 1 N–H and O–H groups in total. The lowest BCUT2D eigenvalue weighted by atomic mass is 9.99. The molecule has 9 heteroatoms. The summed E-state index contributed by atoms with van der Waals surface area (Å²) in [6.07, 6.45) is -1.90. The highest BCUT2D eigenvalue weighted by Crippen LogP contribution is 2.34. The fourth-order valence-corrected chi connectivity index (χ4v) is 3.79. The normalized spacial score (nSPS) is 24.7. The number of halogens is 3. The number of rotatable bonds is 3. The molecule has 0 aliphatic carbocycles. The number of nitrogens with zero attached hydrogens (tertiary/aromatic N) is 4. The fraction of sp³-hybridized carbons (Fsp3) is 0.846. The number of aromatic nitrogens is 2. The summed E-state index contributed by atoms with van der Waals surface area (Å²) < 4.78 is 37.7. The van der Waals surface area contributed by atoms with Gasteiger partial charge in [-0.05, 0) is 31.8 Å². The van der Waals surface area contributed by atoms with Gasteiger partial charge in [0.05, 0.1) is 0 Å². The maximum Gasteiger partial charge on any atom is 0.445 e. The third kappa shape index (κ3) is 3.88. The standard InChI is InChI=1S/C13H20F3N5S/c14-13(15,16)11-18-19-12(22-11)21-6-4-20(5-7-21)9-10-2-1-3-17-8-10/h10,17H,1-9H2. The number of hydrogen-bond donors (Lipinski definition) is 1. The van der Waals surface area contributed by atoms with E-state index in [4.69, 9.17) is 0 Å². The molecule has 2 fully saturated rings. The number of anilines is 1. The Balaban J connectivity index is 1.50. The van der Waals surface area contributed by atoms with Crippen molar-refractivity contribution in [2.45, 2.75) is 19.0 Å². The van der Waals surface area contributed by atoms with Gasteiger partial charge in [0.2, 0.25) is 10.1 Å². The molecule has 2 saturated heterocycles. The lowest BCUT2D eigenvalue weighted by Crippen LogP contribution is -2.49. The van der Waals surface area contributed by atoms with Crippen molar-refractivity contribution >= 4 is 16.5 Å². The predicted octanol–water partition coefficient (Wildman–Crippen LogP) is 1.68. The topological polar surface area (TPSA) is 44.3 Å². The van der Waals surface area contributed by atoms with E-state index in [2.05, 4.69) is 20.4 Å². The van der Waals surface area contributed by atoms with Crippen molar-refractivity contribution in [1.29, 1.82) is 0 Å². The van der Waals surface area contributed by atoms with E-state index in [1.165, 1.54) is 12.8 Å². The summed E-state index contributed by atoms with van der Waals surface area (Å²) in [4.78, 5) is 4.31. The predicted molar refractivity (Wildman–Crippen MR) is 79.2 cm³/mol. The summed E-state index contributed by atoms with van der Waals surface area (Å²) in [6.45, 7) is 6.44. The van der Waals surface area contributed by atoms with Crippen LogP contribution in [0.3, 0.4) is 0 Å². The van der Waals surface area contributed by atoms with Crippen LogP contribution in [-0.4, -0.2) is 60.9 Å². The number of hydrogen-bond acceptors (Lipinski definition) is 6. The van der Waals surface area contributed by atoms with Gasteiger partial charge in [0, 0.05) is 32.7 Å². The third-order valence-electron chi connectivity index (χ3n) is 4.21. The van der Waals surface area contributed by atoms with Gasteiger partial charge in [0.25, 0.3) is 0 Å². The molecule has 0 amide bonds. The average Bonchev–Trinajstić information content (AvgIpc) is 2.99. The van der Waals surface area contributed by atoms with E-state index in [1.807, 2.05) is 4.90 Å². The van der Waals surface area contributed by atoms with Gasteiger partial charge in [-0.3, -0.25) is 4.90 Å². The molecule has 1 aromatic rings. The molecule has 2 aliphatic heterocycles. The first-order valence-corrected chi connectivity index (χ1v) is 8.43. The van der Waals surface area contributed by atoms with E-state index in [-0.39, 0.29) is 0 Å². The Kier molecular flexibility index (Phi) is 4.84. The monoisotopic (exact) mass is 335 g/mol. The van der Waals surface area contributed by atoms with Gasteiger partial charge < -0.3 is 10.2 Å². The van der Waals surface area contributed by atoms with Crippen molar-refractivity contribution in [2.24, 2.45) is 5.92 Å². The number of alkyl halides is 3. The van der Waals surface area contributed by atoms with Crippen LogP contribution >= 0.6 is 11.3 Å². The molecule has 1 atom stereocenters. The summed E-state index contributed by atoms with van der Waals surface area (Å²) >= 11 is 0.633. The average molecular weight is 335 g/mol. The first kappa shape index (κ1) is 15.9. The Labute approximate surface area is 131 Å². The minimum atomic E-state index is -4.40. The molecule has 0 radical (unpaired) electrons. The van der Waals surface area contributed by atoms with Gasteiger partial charge in [-0.2, -0.15) is 13.2 Å². The van der Waals surface area contributed by atoms with Crippen molar-refractivity contribution in [2.75, 3.05) is 50.7 Å². The molecule has 0 saturated carbocycles. The van der Waals surface area contributed by atoms with Crippen LogP contribution in [0.2, 0.25) is 0 Å². The van der Waals surface area contributed by atoms with Crippen molar-refractivity contribution in [3.05, 3.63) is 5.01 Å². The largest absolute Gasteiger partial charge is 0.445 e. The molecule has 5 nitrogen and oxygen atoms in total. The maximum atomic E-state index is 12.6. The van der Waals surface area contributed by atoms with Gasteiger partial charge in [-0.15, -0.1) is 10.2 Å². The Morgan fingerprint density at radius 1 is 1.18 bits per heavy atom. The first-order valence-electron chi connectivity index (χ1n) is 7.61. The highest BCUT2D eigenvalue weighted by atomic mass is 32.1. The molecular weight excluding hydrogens is 315 g/mol. The second-order valence-corrected chi connectivity index (χ2v) is 6.84. The lowest BCUT2D eigenvalue weighted by molar-refractivity contribution is -0.138. The Hall–Kier alpha value is -0.930. The van der Waals surface area contributed by atoms with Crippen LogP contribution in [0.5, 0.6) is 0 Å². The first-order chi connectivity index (χ1) is 10.5. The van der Waals surface area contributed by atoms with E-state index in [0.717, 1.165) is 32.7 Å². The number of piperazine rings is 1. The number of nitrogens with one attached hydrogen (secondary N) is 1. The van der Waals surface area contributed by atoms with Crippen molar-refractivity contribution in [3.63, 3.8) is 0 Å². The molecule has 3 rings (SSSR count). The molecule has 1 unspecified atom stereocenters. The molecule has 2 aliphatic rings. The molecule has 3 heterocycles. The van der Waals surface area contributed by atoms with E-state index in [9.17, 15) is 13.2 Å². The SMILES string of the molecule is FC(F)(F)c1nnc(N2CCN(CC3CCCNC3)CC2)s1. The highest BCUT2D eigenvalue weighted by Gasteiger charge is 2.36. The Morgan fingerprint density at radius 2 is 1.95 bits per heavy atom. The summed E-state index contributed by atoms with van der Waals surface area (Å²) in [6, 6.07) is 0. The molecular formula is C13H20F3N5S. The molecule has 124 valence electrons. The molecule has 0 spiro atoms. The minimum absolute atomic E-state index is 0.381. The molecule has 0 bridgehead atoms.